The summed E-state index contributed by atoms with van der Waals surface area (Å²) in [5.41, 5.74) is 14.5. The van der Waals surface area contributed by atoms with E-state index < -0.39 is 0 Å². The molecule has 4 N–H and O–H groups in total. The lowest BCUT2D eigenvalue weighted by Crippen LogP contribution is -1.91. The molecule has 2 aromatic carbocycles. The number of nitrogens with two attached hydrogens (primary N) is 2. The smallest absolute Gasteiger partial charge is 0.178 e. The van der Waals surface area contributed by atoms with E-state index in [2.05, 4.69) is 0 Å². The molecule has 3 nitrogen and oxygen atoms in total. The summed E-state index contributed by atoms with van der Waals surface area (Å²) < 4.78 is 0. The second kappa shape index (κ2) is 6.38. The van der Waals surface area contributed by atoms with Crippen LogP contribution in [0.3, 0.4) is 0 Å². The Morgan fingerprint density at radius 2 is 1.15 bits per heavy atom. The van der Waals surface area contributed by atoms with E-state index in [0.717, 1.165) is 11.1 Å². The summed E-state index contributed by atoms with van der Waals surface area (Å²) >= 11 is 0. The van der Waals surface area contributed by atoms with Gasteiger partial charge in [0.15, 0.2) is 5.78 Å². The van der Waals surface area contributed by atoms with Gasteiger partial charge >= 0.3 is 0 Å². The third-order valence-electron chi connectivity index (χ3n) is 2.85. The van der Waals surface area contributed by atoms with Crippen molar-refractivity contribution >= 4 is 29.3 Å². The summed E-state index contributed by atoms with van der Waals surface area (Å²) in [6, 6.07) is 14.8. The highest BCUT2D eigenvalue weighted by molar-refractivity contribution is 6.05. The first-order valence-corrected chi connectivity index (χ1v) is 6.26. The van der Waals surface area contributed by atoms with Crippen molar-refractivity contribution in [3.63, 3.8) is 0 Å². The van der Waals surface area contributed by atoms with Gasteiger partial charge < -0.3 is 11.5 Å². The van der Waals surface area contributed by atoms with Gasteiger partial charge in [-0.15, -0.1) is 0 Å². The zero-order valence-corrected chi connectivity index (χ0v) is 11.0. The zero-order chi connectivity index (χ0) is 14.4. The van der Waals surface area contributed by atoms with Gasteiger partial charge in [0.1, 0.15) is 0 Å². The average molecular weight is 264 g/mol. The third-order valence-corrected chi connectivity index (χ3v) is 2.85. The fourth-order valence-corrected chi connectivity index (χ4v) is 1.72. The molecule has 0 aliphatic heterocycles. The Morgan fingerprint density at radius 1 is 0.750 bits per heavy atom. The summed E-state index contributed by atoms with van der Waals surface area (Å²) in [5.74, 6) is -0.114. The van der Waals surface area contributed by atoms with E-state index >= 15 is 0 Å². The van der Waals surface area contributed by atoms with E-state index in [1.807, 2.05) is 36.4 Å². The van der Waals surface area contributed by atoms with Crippen LogP contribution in [0.25, 0.3) is 12.2 Å². The van der Waals surface area contributed by atoms with E-state index in [9.17, 15) is 4.79 Å². The van der Waals surface area contributed by atoms with Crippen molar-refractivity contribution in [3.05, 3.63) is 71.8 Å². The van der Waals surface area contributed by atoms with Gasteiger partial charge in [-0.2, -0.15) is 0 Å². The highest BCUT2D eigenvalue weighted by atomic mass is 16.1. The molecular weight excluding hydrogens is 248 g/mol. The number of para-hydroxylation sites is 2. The SMILES string of the molecule is Nc1ccccc1C=CC(=O)C=Cc1ccccc1N. The molecule has 0 amide bonds. The molecular formula is C17H16N2O. The van der Waals surface area contributed by atoms with Crippen molar-refractivity contribution in [1.29, 1.82) is 0 Å². The number of rotatable bonds is 4. The normalized spacial score (nSPS) is 11.2. The molecule has 100 valence electrons. The molecule has 0 spiro atoms. The maximum Gasteiger partial charge on any atom is 0.178 e. The van der Waals surface area contributed by atoms with Gasteiger partial charge in [-0.1, -0.05) is 36.4 Å². The Kier molecular flexibility index (Phi) is 4.35. The van der Waals surface area contributed by atoms with Crippen LogP contribution in [-0.2, 0) is 4.79 Å². The lowest BCUT2D eigenvalue weighted by Gasteiger charge is -1.98. The van der Waals surface area contributed by atoms with Crippen LogP contribution in [0.1, 0.15) is 11.1 Å². The first kappa shape index (κ1) is 13.6. The summed E-state index contributed by atoms with van der Waals surface area (Å²) in [4.78, 5) is 11.8. The molecule has 0 aromatic heterocycles. The maximum atomic E-state index is 11.8. The minimum Gasteiger partial charge on any atom is -0.398 e. The molecule has 2 rings (SSSR count). The Morgan fingerprint density at radius 3 is 1.55 bits per heavy atom. The van der Waals surface area contributed by atoms with E-state index in [1.165, 1.54) is 12.2 Å². The summed E-state index contributed by atoms with van der Waals surface area (Å²) in [7, 11) is 0. The average Bonchev–Trinajstić information content (AvgIpc) is 2.45. The monoisotopic (exact) mass is 264 g/mol. The van der Waals surface area contributed by atoms with Crippen LogP contribution in [0.2, 0.25) is 0 Å². The number of carbonyl (C=O) groups excluding carboxylic acids is 1. The topological polar surface area (TPSA) is 69.1 Å². The van der Waals surface area contributed by atoms with Gasteiger partial charge in [-0.25, -0.2) is 0 Å². The second-order valence-electron chi connectivity index (χ2n) is 4.33. The maximum absolute atomic E-state index is 11.8. The number of anilines is 2. The number of hydrogen-bond donors (Lipinski definition) is 2. The number of allylic oxidation sites excluding steroid dienone is 2. The number of nitrogen functional groups attached to an aromatic ring is 2. The highest BCUT2D eigenvalue weighted by Gasteiger charge is 1.95. The Hall–Kier alpha value is -2.81. The fraction of sp³-hybridized carbons (Fsp3) is 0. The summed E-state index contributed by atoms with van der Waals surface area (Å²) in [6.45, 7) is 0. The van der Waals surface area contributed by atoms with Crippen LogP contribution in [0.5, 0.6) is 0 Å². The quantitative estimate of drug-likeness (QED) is 0.658. The molecule has 2 aromatic rings. The largest absolute Gasteiger partial charge is 0.398 e. The van der Waals surface area contributed by atoms with Crippen molar-refractivity contribution in [2.24, 2.45) is 0 Å². The molecule has 0 aliphatic carbocycles. The van der Waals surface area contributed by atoms with Crippen LogP contribution in [-0.4, -0.2) is 5.78 Å². The van der Waals surface area contributed by atoms with Crippen LogP contribution >= 0.6 is 0 Å². The fourth-order valence-electron chi connectivity index (χ4n) is 1.72. The van der Waals surface area contributed by atoms with E-state index in [4.69, 9.17) is 11.5 Å². The van der Waals surface area contributed by atoms with Gasteiger partial charge in [0.05, 0.1) is 0 Å². The molecule has 0 bridgehead atoms. The first-order valence-electron chi connectivity index (χ1n) is 6.26. The third kappa shape index (κ3) is 3.59. The van der Waals surface area contributed by atoms with Gasteiger partial charge in [0, 0.05) is 11.4 Å². The minimum atomic E-state index is -0.114. The molecule has 0 aliphatic rings. The van der Waals surface area contributed by atoms with Crippen LogP contribution in [0.15, 0.2) is 60.7 Å². The Bertz CT molecular complexity index is 615. The molecule has 0 saturated carbocycles. The predicted octanol–water partition coefficient (Wildman–Crippen LogP) is 3.15. The number of ketones is 1. The van der Waals surface area contributed by atoms with Crippen molar-refractivity contribution in [3.8, 4) is 0 Å². The Labute approximate surface area is 118 Å². The molecule has 0 heterocycles. The van der Waals surface area contributed by atoms with E-state index in [-0.39, 0.29) is 5.78 Å². The van der Waals surface area contributed by atoms with Gasteiger partial charge in [-0.05, 0) is 47.6 Å². The van der Waals surface area contributed by atoms with E-state index in [0.29, 0.717) is 11.4 Å². The first-order chi connectivity index (χ1) is 9.66. The highest BCUT2D eigenvalue weighted by Crippen LogP contribution is 2.13. The van der Waals surface area contributed by atoms with Crippen molar-refractivity contribution in [1.82, 2.24) is 0 Å². The standard InChI is InChI=1S/C17H16N2O/c18-16-7-3-1-5-13(16)9-11-15(20)12-10-14-6-2-4-8-17(14)19/h1-12H,18-19H2. The summed E-state index contributed by atoms with van der Waals surface area (Å²) in [5, 5.41) is 0. The van der Waals surface area contributed by atoms with Crippen molar-refractivity contribution < 1.29 is 4.79 Å². The minimum absolute atomic E-state index is 0.114. The molecule has 20 heavy (non-hydrogen) atoms. The van der Waals surface area contributed by atoms with Gasteiger partial charge in [0.25, 0.3) is 0 Å². The lowest BCUT2D eigenvalue weighted by molar-refractivity contribution is -0.110. The van der Waals surface area contributed by atoms with Crippen LogP contribution < -0.4 is 11.5 Å². The predicted molar refractivity (Wildman–Crippen MR) is 84.8 cm³/mol. The number of hydrogen-bond acceptors (Lipinski definition) is 3. The molecule has 3 heteroatoms. The van der Waals surface area contributed by atoms with Crippen LogP contribution in [0.4, 0.5) is 11.4 Å². The molecule has 0 atom stereocenters. The molecule has 0 unspecified atom stereocenters. The van der Waals surface area contributed by atoms with Crippen LogP contribution in [0, 0.1) is 0 Å². The molecule has 0 radical (unpaired) electrons. The van der Waals surface area contributed by atoms with E-state index in [1.54, 1.807) is 24.3 Å². The number of carbonyl (C=O) groups is 1. The van der Waals surface area contributed by atoms with Gasteiger partial charge in [0.2, 0.25) is 0 Å². The molecule has 0 fully saturated rings. The van der Waals surface area contributed by atoms with Crippen molar-refractivity contribution in [2.75, 3.05) is 11.5 Å². The number of benzene rings is 2. The summed E-state index contributed by atoms with van der Waals surface area (Å²) in [6.07, 6.45) is 6.38. The zero-order valence-electron chi connectivity index (χ0n) is 11.0. The van der Waals surface area contributed by atoms with Crippen molar-refractivity contribution in [2.45, 2.75) is 0 Å². The Balaban J connectivity index is 2.07. The second-order valence-corrected chi connectivity index (χ2v) is 4.33. The van der Waals surface area contributed by atoms with Gasteiger partial charge in [-0.3, -0.25) is 4.79 Å². The molecule has 0 saturated heterocycles. The lowest BCUT2D eigenvalue weighted by atomic mass is 10.1.